The van der Waals surface area contributed by atoms with Gasteiger partial charge in [0.2, 0.25) is 5.91 Å². The van der Waals surface area contributed by atoms with Gasteiger partial charge < -0.3 is 4.74 Å². The van der Waals surface area contributed by atoms with E-state index in [9.17, 15) is 9.18 Å². The van der Waals surface area contributed by atoms with Gasteiger partial charge in [-0.3, -0.25) is 14.8 Å². The summed E-state index contributed by atoms with van der Waals surface area (Å²) in [4.78, 5) is 20.8. The number of rotatable bonds is 3. The van der Waals surface area contributed by atoms with E-state index in [1.54, 1.807) is 18.5 Å². The Labute approximate surface area is 155 Å². The predicted molar refractivity (Wildman–Crippen MR) is 98.9 cm³/mol. The zero-order valence-electron chi connectivity index (χ0n) is 14.9. The number of hydrazone groups is 1. The van der Waals surface area contributed by atoms with Crippen LogP contribution >= 0.6 is 0 Å². The standard InChI is InChI=1S/C20H17FN4O2/c1-12(26)25-19(13-3-6-16-18(9-13)23-8-7-22-16)11-17(24-25)15-5-4-14(21)10-20(15)27-2/h3-10,19H,11H2,1-2H3/t19-/m0/s1. The molecule has 3 aromatic rings. The van der Waals surface area contributed by atoms with Gasteiger partial charge in [0, 0.05) is 37.4 Å². The summed E-state index contributed by atoms with van der Waals surface area (Å²) >= 11 is 0. The molecule has 136 valence electrons. The van der Waals surface area contributed by atoms with E-state index in [1.165, 1.54) is 31.2 Å². The van der Waals surface area contributed by atoms with E-state index in [0.29, 0.717) is 23.4 Å². The summed E-state index contributed by atoms with van der Waals surface area (Å²) in [5.74, 6) is -0.167. The van der Waals surface area contributed by atoms with Gasteiger partial charge in [-0.15, -0.1) is 0 Å². The quantitative estimate of drug-likeness (QED) is 0.714. The molecule has 7 heteroatoms. The van der Waals surface area contributed by atoms with Crippen LogP contribution in [0, 0.1) is 5.82 Å². The highest BCUT2D eigenvalue weighted by Crippen LogP contribution is 2.35. The van der Waals surface area contributed by atoms with E-state index in [-0.39, 0.29) is 17.8 Å². The van der Waals surface area contributed by atoms with E-state index in [1.807, 2.05) is 18.2 Å². The summed E-state index contributed by atoms with van der Waals surface area (Å²) in [5.41, 5.74) is 3.80. The normalized spacial score (nSPS) is 16.5. The summed E-state index contributed by atoms with van der Waals surface area (Å²) < 4.78 is 18.8. The van der Waals surface area contributed by atoms with Gasteiger partial charge in [0.15, 0.2) is 0 Å². The number of carbonyl (C=O) groups is 1. The molecule has 4 rings (SSSR count). The number of amides is 1. The first kappa shape index (κ1) is 17.1. The maximum Gasteiger partial charge on any atom is 0.240 e. The second-order valence-electron chi connectivity index (χ2n) is 6.28. The monoisotopic (exact) mass is 364 g/mol. The second kappa shape index (κ2) is 6.75. The summed E-state index contributed by atoms with van der Waals surface area (Å²) in [7, 11) is 1.48. The lowest BCUT2D eigenvalue weighted by Gasteiger charge is -2.20. The zero-order chi connectivity index (χ0) is 19.0. The number of aromatic nitrogens is 2. The molecule has 0 saturated heterocycles. The van der Waals surface area contributed by atoms with Crippen LogP contribution in [-0.4, -0.2) is 33.7 Å². The number of ether oxygens (including phenoxy) is 1. The van der Waals surface area contributed by atoms with Crippen LogP contribution in [0.1, 0.15) is 30.5 Å². The van der Waals surface area contributed by atoms with E-state index < -0.39 is 0 Å². The molecule has 0 N–H and O–H groups in total. The zero-order valence-corrected chi connectivity index (χ0v) is 14.9. The fourth-order valence-corrected chi connectivity index (χ4v) is 3.31. The van der Waals surface area contributed by atoms with Gasteiger partial charge in [-0.25, -0.2) is 9.40 Å². The predicted octanol–water partition coefficient (Wildman–Crippen LogP) is 3.48. The minimum Gasteiger partial charge on any atom is -0.496 e. The van der Waals surface area contributed by atoms with Gasteiger partial charge in [0.05, 0.1) is 29.9 Å². The number of fused-ring (bicyclic) bond motifs is 1. The molecule has 0 unspecified atom stereocenters. The van der Waals surface area contributed by atoms with E-state index >= 15 is 0 Å². The number of nitrogens with zero attached hydrogens (tertiary/aromatic N) is 4. The smallest absolute Gasteiger partial charge is 0.240 e. The Bertz CT molecular complexity index is 1070. The first-order valence-electron chi connectivity index (χ1n) is 8.48. The van der Waals surface area contributed by atoms with Crippen molar-refractivity contribution in [3.63, 3.8) is 0 Å². The first-order chi connectivity index (χ1) is 13.1. The maximum atomic E-state index is 13.5. The van der Waals surface area contributed by atoms with Gasteiger partial charge >= 0.3 is 0 Å². The van der Waals surface area contributed by atoms with Crippen molar-refractivity contribution in [1.82, 2.24) is 15.0 Å². The minimum absolute atomic E-state index is 0.171. The Kier molecular flexibility index (Phi) is 4.27. The van der Waals surface area contributed by atoms with Crippen LogP contribution in [0.15, 0.2) is 53.9 Å². The van der Waals surface area contributed by atoms with E-state index in [4.69, 9.17) is 4.74 Å². The summed E-state index contributed by atoms with van der Waals surface area (Å²) in [6, 6.07) is 9.76. The molecule has 1 aliphatic rings. The molecule has 6 nitrogen and oxygen atoms in total. The average Bonchev–Trinajstić information content (AvgIpc) is 3.13. The Hall–Kier alpha value is -3.35. The topological polar surface area (TPSA) is 67.7 Å². The number of methoxy groups -OCH3 is 1. The molecule has 27 heavy (non-hydrogen) atoms. The van der Waals surface area contributed by atoms with Crippen LogP contribution in [0.5, 0.6) is 5.75 Å². The summed E-state index contributed by atoms with van der Waals surface area (Å²) in [5, 5.41) is 5.95. The Balaban J connectivity index is 1.74. The lowest BCUT2D eigenvalue weighted by Crippen LogP contribution is -2.24. The number of benzene rings is 2. The molecule has 1 amide bonds. The fourth-order valence-electron chi connectivity index (χ4n) is 3.31. The first-order valence-corrected chi connectivity index (χ1v) is 8.48. The van der Waals surface area contributed by atoms with E-state index in [2.05, 4.69) is 15.1 Å². The third kappa shape index (κ3) is 3.12. The molecule has 2 heterocycles. The highest BCUT2D eigenvalue weighted by atomic mass is 19.1. The van der Waals surface area contributed by atoms with E-state index in [0.717, 1.165) is 16.6 Å². The van der Waals surface area contributed by atoms with Gasteiger partial charge in [-0.1, -0.05) is 6.07 Å². The lowest BCUT2D eigenvalue weighted by atomic mass is 9.97. The fraction of sp³-hybridized carbons (Fsp3) is 0.200. The molecular weight excluding hydrogens is 347 g/mol. The summed E-state index contributed by atoms with van der Waals surface area (Å²) in [6.45, 7) is 1.47. The number of carbonyl (C=O) groups excluding carboxylic acids is 1. The molecule has 0 bridgehead atoms. The van der Waals surface area contributed by atoms with Crippen LogP contribution in [0.4, 0.5) is 4.39 Å². The van der Waals surface area contributed by atoms with Crippen molar-refractivity contribution in [2.24, 2.45) is 5.10 Å². The molecule has 0 fully saturated rings. The van der Waals surface area contributed by atoms with Crippen LogP contribution in [0.3, 0.4) is 0 Å². The Morgan fingerprint density at radius 2 is 1.93 bits per heavy atom. The molecule has 1 aliphatic heterocycles. The molecule has 1 aromatic heterocycles. The third-order valence-electron chi connectivity index (χ3n) is 4.59. The van der Waals surface area contributed by atoms with Crippen molar-refractivity contribution in [2.45, 2.75) is 19.4 Å². The molecule has 0 radical (unpaired) electrons. The summed E-state index contributed by atoms with van der Waals surface area (Å²) in [6.07, 6.45) is 3.77. The number of halogens is 1. The highest BCUT2D eigenvalue weighted by Gasteiger charge is 2.32. The maximum absolute atomic E-state index is 13.5. The number of hydrogen-bond acceptors (Lipinski definition) is 5. The molecule has 1 atom stereocenters. The largest absolute Gasteiger partial charge is 0.496 e. The molecular formula is C20H17FN4O2. The molecule has 0 aliphatic carbocycles. The minimum atomic E-state index is -0.387. The molecule has 0 spiro atoms. The molecule has 0 saturated carbocycles. The Morgan fingerprint density at radius 3 is 2.67 bits per heavy atom. The van der Waals surface area contributed by atoms with Crippen molar-refractivity contribution in [3.05, 3.63) is 65.7 Å². The number of hydrogen-bond donors (Lipinski definition) is 0. The van der Waals surface area contributed by atoms with Gasteiger partial charge in [0.25, 0.3) is 0 Å². The molecule has 2 aromatic carbocycles. The van der Waals surface area contributed by atoms with Crippen molar-refractivity contribution in [1.29, 1.82) is 0 Å². The van der Waals surface area contributed by atoms with Crippen LogP contribution in [-0.2, 0) is 4.79 Å². The third-order valence-corrected chi connectivity index (χ3v) is 4.59. The van der Waals surface area contributed by atoms with Crippen molar-refractivity contribution in [2.75, 3.05) is 7.11 Å². The van der Waals surface area contributed by atoms with Crippen LogP contribution in [0.2, 0.25) is 0 Å². The van der Waals surface area contributed by atoms with Gasteiger partial charge in [-0.2, -0.15) is 5.10 Å². The highest BCUT2D eigenvalue weighted by molar-refractivity contribution is 6.05. The van der Waals surface area contributed by atoms with Crippen molar-refractivity contribution >= 4 is 22.7 Å². The van der Waals surface area contributed by atoms with Gasteiger partial charge in [0.1, 0.15) is 11.6 Å². The van der Waals surface area contributed by atoms with Crippen molar-refractivity contribution < 1.29 is 13.9 Å². The SMILES string of the molecule is COc1cc(F)ccc1C1=NN(C(C)=O)[C@H](c2ccc3nccnc3c2)C1. The average molecular weight is 364 g/mol. The lowest BCUT2D eigenvalue weighted by molar-refractivity contribution is -0.130. The van der Waals surface area contributed by atoms with Crippen LogP contribution < -0.4 is 4.74 Å². The Morgan fingerprint density at radius 1 is 1.15 bits per heavy atom. The van der Waals surface area contributed by atoms with Crippen molar-refractivity contribution in [3.8, 4) is 5.75 Å². The van der Waals surface area contributed by atoms with Gasteiger partial charge in [-0.05, 0) is 29.8 Å². The van der Waals surface area contributed by atoms with Crippen LogP contribution in [0.25, 0.3) is 11.0 Å². The second-order valence-corrected chi connectivity index (χ2v) is 6.28.